The molecule has 3 aromatic carbocycles. The van der Waals surface area contributed by atoms with Crippen molar-refractivity contribution >= 4 is 12.2 Å². The van der Waals surface area contributed by atoms with E-state index in [2.05, 4.69) is 29.6 Å². The summed E-state index contributed by atoms with van der Waals surface area (Å²) >= 11 is 0. The van der Waals surface area contributed by atoms with Gasteiger partial charge < -0.3 is 19.9 Å². The third kappa shape index (κ3) is 4.68. The van der Waals surface area contributed by atoms with Gasteiger partial charge in [-0.15, -0.1) is 0 Å². The Bertz CT molecular complexity index is 1080. The minimum absolute atomic E-state index is 0.0197. The summed E-state index contributed by atoms with van der Waals surface area (Å²) in [6.45, 7) is 0.754. The second kappa shape index (κ2) is 10.2. The Labute approximate surface area is 188 Å². The molecule has 0 atom stereocenters. The van der Waals surface area contributed by atoms with Gasteiger partial charge in [0.2, 0.25) is 0 Å². The van der Waals surface area contributed by atoms with Gasteiger partial charge in [0, 0.05) is 18.0 Å². The molecule has 32 heavy (non-hydrogen) atoms. The Kier molecular flexibility index (Phi) is 6.87. The fourth-order valence-corrected chi connectivity index (χ4v) is 4.13. The smallest absolute Gasteiger partial charge is 0.407 e. The van der Waals surface area contributed by atoms with Crippen LogP contribution in [0.4, 0.5) is 4.79 Å². The Morgan fingerprint density at radius 1 is 1.03 bits per heavy atom. The molecule has 164 valence electrons. The molecular weight excluding hydrogens is 402 g/mol. The highest BCUT2D eigenvalue weighted by molar-refractivity contribution is 5.79. The van der Waals surface area contributed by atoms with Gasteiger partial charge in [-0.2, -0.15) is 0 Å². The third-order valence-corrected chi connectivity index (χ3v) is 5.70. The maximum absolute atomic E-state index is 12.2. The van der Waals surface area contributed by atoms with E-state index >= 15 is 0 Å². The second-order valence-electron chi connectivity index (χ2n) is 7.68. The van der Waals surface area contributed by atoms with E-state index in [9.17, 15) is 9.90 Å². The summed E-state index contributed by atoms with van der Waals surface area (Å²) in [5.74, 6) is 0.794. The summed E-state index contributed by atoms with van der Waals surface area (Å²) in [4.78, 5) is 12.2. The molecule has 1 aliphatic rings. The number of amides is 1. The van der Waals surface area contributed by atoms with Crippen LogP contribution < -0.4 is 10.1 Å². The van der Waals surface area contributed by atoms with Gasteiger partial charge in [-0.25, -0.2) is 4.79 Å². The van der Waals surface area contributed by atoms with E-state index in [1.165, 1.54) is 22.3 Å². The maximum Gasteiger partial charge on any atom is 0.407 e. The van der Waals surface area contributed by atoms with E-state index in [1.807, 2.05) is 54.6 Å². The standard InChI is InChI=1S/C27H27NO4/c1-31-26-14-13-19(17-29)16-20(26)8-6-7-15-28-27(30)32-18-25-23-11-4-2-9-21(23)22-10-3-5-12-24(22)25/h2-6,8-14,16,25,29H,7,15,17-18H2,1H3,(H,28,30). The fraction of sp³-hybridized carbons (Fsp3) is 0.222. The SMILES string of the molecule is COc1ccc(CO)cc1C=CCCNC(=O)OCC1c2ccccc2-c2ccccc21. The zero-order chi connectivity index (χ0) is 22.3. The van der Waals surface area contributed by atoms with Crippen molar-refractivity contribution in [3.63, 3.8) is 0 Å². The zero-order valence-corrected chi connectivity index (χ0v) is 18.1. The molecule has 3 aromatic rings. The lowest BCUT2D eigenvalue weighted by atomic mass is 9.98. The second-order valence-corrected chi connectivity index (χ2v) is 7.68. The molecule has 0 radical (unpaired) electrons. The predicted molar refractivity (Wildman–Crippen MR) is 126 cm³/mol. The lowest BCUT2D eigenvalue weighted by molar-refractivity contribution is 0.143. The van der Waals surface area contributed by atoms with Crippen LogP contribution in [0.3, 0.4) is 0 Å². The summed E-state index contributed by atoms with van der Waals surface area (Å²) in [6.07, 6.45) is 4.12. The lowest BCUT2D eigenvalue weighted by Crippen LogP contribution is -2.26. The van der Waals surface area contributed by atoms with Gasteiger partial charge >= 0.3 is 6.09 Å². The number of rotatable bonds is 8. The first kappa shape index (κ1) is 21.7. The Morgan fingerprint density at radius 3 is 2.38 bits per heavy atom. The molecule has 0 aliphatic heterocycles. The molecule has 0 saturated carbocycles. The van der Waals surface area contributed by atoms with Crippen molar-refractivity contribution in [2.45, 2.75) is 18.9 Å². The molecule has 0 aromatic heterocycles. The van der Waals surface area contributed by atoms with Gasteiger partial charge in [-0.05, 0) is 46.4 Å². The molecule has 2 N–H and O–H groups in total. The Balaban J connectivity index is 1.28. The molecular formula is C27H27NO4. The molecule has 0 heterocycles. The quantitative estimate of drug-likeness (QED) is 0.487. The highest BCUT2D eigenvalue weighted by Gasteiger charge is 2.28. The van der Waals surface area contributed by atoms with Crippen LogP contribution in [0.1, 0.15) is 34.6 Å². The monoisotopic (exact) mass is 429 g/mol. The van der Waals surface area contributed by atoms with Crippen LogP contribution >= 0.6 is 0 Å². The van der Waals surface area contributed by atoms with Gasteiger partial charge in [-0.1, -0.05) is 66.7 Å². The molecule has 1 amide bonds. The topological polar surface area (TPSA) is 67.8 Å². The number of methoxy groups -OCH3 is 1. The zero-order valence-electron chi connectivity index (χ0n) is 18.1. The molecule has 0 bridgehead atoms. The first-order valence-corrected chi connectivity index (χ1v) is 10.7. The minimum atomic E-state index is -0.417. The Hall–Kier alpha value is -3.57. The van der Waals surface area contributed by atoms with Crippen LogP contribution in [-0.4, -0.2) is 31.5 Å². The van der Waals surface area contributed by atoms with Gasteiger partial charge in [0.15, 0.2) is 0 Å². The van der Waals surface area contributed by atoms with Crippen molar-refractivity contribution in [3.05, 3.63) is 95.1 Å². The number of aliphatic hydroxyl groups is 1. The van der Waals surface area contributed by atoms with Crippen LogP contribution in [0.15, 0.2) is 72.8 Å². The number of hydrogen-bond donors (Lipinski definition) is 2. The van der Waals surface area contributed by atoms with Crippen molar-refractivity contribution in [1.82, 2.24) is 5.32 Å². The third-order valence-electron chi connectivity index (χ3n) is 5.70. The number of fused-ring (bicyclic) bond motifs is 3. The van der Waals surface area contributed by atoms with Gasteiger partial charge in [0.1, 0.15) is 12.4 Å². The summed E-state index contributed by atoms with van der Waals surface area (Å²) in [7, 11) is 1.62. The van der Waals surface area contributed by atoms with E-state index in [-0.39, 0.29) is 12.5 Å². The molecule has 0 unspecified atom stereocenters. The first-order chi connectivity index (χ1) is 15.7. The van der Waals surface area contributed by atoms with E-state index in [0.717, 1.165) is 16.9 Å². The molecule has 0 fully saturated rings. The summed E-state index contributed by atoms with van der Waals surface area (Å²) in [5, 5.41) is 12.1. The van der Waals surface area contributed by atoms with Crippen LogP contribution in [0.25, 0.3) is 17.2 Å². The summed E-state index contributed by atoms with van der Waals surface area (Å²) in [6, 6.07) is 22.1. The van der Waals surface area contributed by atoms with E-state index in [4.69, 9.17) is 9.47 Å². The van der Waals surface area contributed by atoms with Crippen molar-refractivity contribution in [3.8, 4) is 16.9 Å². The summed E-state index contributed by atoms with van der Waals surface area (Å²) < 4.78 is 10.9. The van der Waals surface area contributed by atoms with Gasteiger partial charge in [0.25, 0.3) is 0 Å². The van der Waals surface area contributed by atoms with Crippen LogP contribution in [0.2, 0.25) is 0 Å². The number of hydrogen-bond acceptors (Lipinski definition) is 4. The number of alkyl carbamates (subject to hydrolysis) is 1. The first-order valence-electron chi connectivity index (χ1n) is 10.7. The number of nitrogens with one attached hydrogen (secondary N) is 1. The van der Waals surface area contributed by atoms with Crippen LogP contribution in [0.5, 0.6) is 5.75 Å². The normalized spacial score (nSPS) is 12.4. The van der Waals surface area contributed by atoms with Crippen molar-refractivity contribution in [2.75, 3.05) is 20.3 Å². The number of carbonyl (C=O) groups is 1. The van der Waals surface area contributed by atoms with Gasteiger partial charge in [-0.3, -0.25) is 0 Å². The Morgan fingerprint density at radius 2 is 1.72 bits per heavy atom. The van der Waals surface area contributed by atoms with Crippen molar-refractivity contribution in [1.29, 1.82) is 0 Å². The molecule has 4 rings (SSSR count). The minimum Gasteiger partial charge on any atom is -0.496 e. The molecule has 0 spiro atoms. The van der Waals surface area contributed by atoms with Crippen LogP contribution in [0, 0.1) is 0 Å². The highest BCUT2D eigenvalue weighted by Crippen LogP contribution is 2.44. The van der Waals surface area contributed by atoms with E-state index in [0.29, 0.717) is 19.6 Å². The molecule has 1 aliphatic carbocycles. The number of benzene rings is 3. The van der Waals surface area contributed by atoms with E-state index < -0.39 is 6.09 Å². The lowest BCUT2D eigenvalue weighted by Gasteiger charge is -2.14. The van der Waals surface area contributed by atoms with E-state index in [1.54, 1.807) is 7.11 Å². The van der Waals surface area contributed by atoms with Gasteiger partial charge in [0.05, 0.1) is 13.7 Å². The number of ether oxygens (including phenoxy) is 2. The molecule has 0 saturated heterocycles. The molecule has 5 heteroatoms. The number of aliphatic hydroxyl groups excluding tert-OH is 1. The summed E-state index contributed by atoms with van der Waals surface area (Å²) in [5.41, 5.74) is 6.53. The van der Waals surface area contributed by atoms with Crippen molar-refractivity contribution < 1.29 is 19.4 Å². The van der Waals surface area contributed by atoms with Crippen LogP contribution in [-0.2, 0) is 11.3 Å². The number of carbonyl (C=O) groups excluding carboxylic acids is 1. The largest absolute Gasteiger partial charge is 0.496 e. The predicted octanol–water partition coefficient (Wildman–Crippen LogP) is 5.13. The maximum atomic E-state index is 12.2. The highest BCUT2D eigenvalue weighted by atomic mass is 16.5. The average molecular weight is 430 g/mol. The van der Waals surface area contributed by atoms with Crippen molar-refractivity contribution in [2.24, 2.45) is 0 Å². The molecule has 5 nitrogen and oxygen atoms in total. The fourth-order valence-electron chi connectivity index (χ4n) is 4.13. The average Bonchev–Trinajstić information content (AvgIpc) is 3.16.